The Morgan fingerprint density at radius 3 is 1.71 bits per heavy atom. The van der Waals surface area contributed by atoms with Gasteiger partial charge in [0.15, 0.2) is 0 Å². The monoisotopic (exact) mass is 456 g/mol. The Morgan fingerprint density at radius 2 is 0.971 bits per heavy atom. The van der Waals surface area contributed by atoms with Crippen LogP contribution >= 0.6 is 11.6 Å². The molecule has 0 fully saturated rings. The van der Waals surface area contributed by atoms with Gasteiger partial charge in [0.25, 0.3) is 0 Å². The first kappa shape index (κ1) is 21.0. The maximum Gasteiger partial charge on any atom is 0.0418 e. The normalized spacial score (nSPS) is 13.4. The van der Waals surface area contributed by atoms with Gasteiger partial charge in [0.05, 0.1) is 0 Å². The number of rotatable bonds is 3. The van der Waals surface area contributed by atoms with E-state index >= 15 is 0 Å². The Labute approximate surface area is 206 Å². The quantitative estimate of drug-likeness (QED) is 0.253. The summed E-state index contributed by atoms with van der Waals surface area (Å²) in [6.07, 6.45) is 0. The van der Waals surface area contributed by atoms with Crippen LogP contribution in [-0.2, 0) is 5.41 Å². The van der Waals surface area contributed by atoms with Crippen LogP contribution in [0.1, 0.15) is 25.0 Å². The highest BCUT2D eigenvalue weighted by Gasteiger charge is 2.35. The molecule has 1 aliphatic carbocycles. The van der Waals surface area contributed by atoms with E-state index in [9.17, 15) is 0 Å². The lowest BCUT2D eigenvalue weighted by atomic mass is 9.81. The van der Waals surface area contributed by atoms with E-state index in [0.29, 0.717) is 0 Å². The summed E-state index contributed by atoms with van der Waals surface area (Å²) >= 11 is 6.62. The molecule has 0 unspecified atom stereocenters. The predicted octanol–water partition coefficient (Wildman–Crippen LogP) is 9.65. The zero-order valence-corrected chi connectivity index (χ0v) is 20.1. The van der Waals surface area contributed by atoms with E-state index in [1.165, 1.54) is 38.9 Å². The van der Waals surface area contributed by atoms with Crippen LogP contribution < -0.4 is 0 Å². The molecular formula is C33H25Cl. The standard InChI is InChI=1S/C33H25Cl/c1-33(2)31-11-7-6-10-29(31)30-17-16-25(21-32(30)33)27-18-26(19-28(34)20-27)24-14-12-23(13-15-24)22-8-4-3-5-9-22/h3-21H,1-2H3. The van der Waals surface area contributed by atoms with Crippen LogP contribution in [0.4, 0.5) is 0 Å². The molecule has 5 aromatic carbocycles. The van der Waals surface area contributed by atoms with E-state index in [2.05, 4.69) is 123 Å². The molecule has 0 aliphatic heterocycles. The molecule has 0 bridgehead atoms. The van der Waals surface area contributed by atoms with Crippen molar-refractivity contribution >= 4 is 11.6 Å². The second-order valence-electron chi connectivity index (χ2n) is 9.60. The van der Waals surface area contributed by atoms with Crippen molar-refractivity contribution in [1.29, 1.82) is 0 Å². The Balaban J connectivity index is 1.39. The summed E-state index contributed by atoms with van der Waals surface area (Å²) in [7, 11) is 0. The van der Waals surface area contributed by atoms with Crippen molar-refractivity contribution in [3.8, 4) is 44.5 Å². The average Bonchev–Trinajstić information content (AvgIpc) is 3.11. The van der Waals surface area contributed by atoms with E-state index in [1.807, 2.05) is 6.07 Å². The van der Waals surface area contributed by atoms with Crippen molar-refractivity contribution in [1.82, 2.24) is 0 Å². The van der Waals surface area contributed by atoms with Gasteiger partial charge in [-0.15, -0.1) is 0 Å². The van der Waals surface area contributed by atoms with Gasteiger partial charge in [-0.1, -0.05) is 116 Å². The van der Waals surface area contributed by atoms with Crippen molar-refractivity contribution < 1.29 is 0 Å². The molecule has 6 rings (SSSR count). The molecule has 0 atom stereocenters. The second-order valence-corrected chi connectivity index (χ2v) is 10.0. The van der Waals surface area contributed by atoms with Crippen LogP contribution in [0.25, 0.3) is 44.5 Å². The number of fused-ring (bicyclic) bond motifs is 3. The molecule has 0 radical (unpaired) electrons. The molecular weight excluding hydrogens is 432 g/mol. The topological polar surface area (TPSA) is 0 Å². The highest BCUT2D eigenvalue weighted by Crippen LogP contribution is 2.49. The molecule has 34 heavy (non-hydrogen) atoms. The second kappa shape index (κ2) is 8.01. The number of hydrogen-bond acceptors (Lipinski definition) is 0. The molecule has 0 spiro atoms. The van der Waals surface area contributed by atoms with Gasteiger partial charge >= 0.3 is 0 Å². The Morgan fingerprint density at radius 1 is 0.441 bits per heavy atom. The molecule has 1 heteroatoms. The predicted molar refractivity (Wildman–Crippen MR) is 145 cm³/mol. The van der Waals surface area contributed by atoms with Gasteiger partial charge in [-0.05, 0) is 79.9 Å². The molecule has 0 saturated heterocycles. The molecule has 0 nitrogen and oxygen atoms in total. The number of hydrogen-bond donors (Lipinski definition) is 0. The number of benzene rings is 5. The van der Waals surface area contributed by atoms with Gasteiger partial charge < -0.3 is 0 Å². The van der Waals surface area contributed by atoms with Crippen molar-refractivity contribution in [2.45, 2.75) is 19.3 Å². The van der Waals surface area contributed by atoms with Crippen molar-refractivity contribution in [3.63, 3.8) is 0 Å². The van der Waals surface area contributed by atoms with Gasteiger partial charge in [0, 0.05) is 10.4 Å². The summed E-state index contributed by atoms with van der Waals surface area (Å²) in [4.78, 5) is 0. The number of halogens is 1. The van der Waals surface area contributed by atoms with Crippen molar-refractivity contribution in [3.05, 3.63) is 131 Å². The van der Waals surface area contributed by atoms with Crippen LogP contribution in [0.5, 0.6) is 0 Å². The molecule has 0 saturated carbocycles. The lowest BCUT2D eigenvalue weighted by Gasteiger charge is -2.22. The highest BCUT2D eigenvalue weighted by atomic mass is 35.5. The largest absolute Gasteiger partial charge is 0.0843 e. The lowest BCUT2D eigenvalue weighted by Crippen LogP contribution is -2.14. The van der Waals surface area contributed by atoms with E-state index in [-0.39, 0.29) is 5.41 Å². The van der Waals surface area contributed by atoms with E-state index < -0.39 is 0 Å². The van der Waals surface area contributed by atoms with Crippen LogP contribution in [-0.4, -0.2) is 0 Å². The van der Waals surface area contributed by atoms with Gasteiger partial charge in [-0.3, -0.25) is 0 Å². The SMILES string of the molecule is CC1(C)c2ccccc2-c2ccc(-c3cc(Cl)cc(-c4ccc(-c5ccccc5)cc4)c3)cc21. The third kappa shape index (κ3) is 3.47. The fourth-order valence-corrected chi connectivity index (χ4v) is 5.53. The van der Waals surface area contributed by atoms with Crippen LogP contribution in [0.3, 0.4) is 0 Å². The first-order valence-corrected chi connectivity index (χ1v) is 12.1. The van der Waals surface area contributed by atoms with E-state index in [0.717, 1.165) is 21.7 Å². The minimum absolute atomic E-state index is 0.0173. The molecule has 0 heterocycles. The van der Waals surface area contributed by atoms with Crippen LogP contribution in [0.15, 0.2) is 115 Å². The van der Waals surface area contributed by atoms with Crippen LogP contribution in [0, 0.1) is 0 Å². The zero-order valence-electron chi connectivity index (χ0n) is 19.3. The summed E-state index contributed by atoms with van der Waals surface area (Å²) in [5.41, 5.74) is 12.5. The fraction of sp³-hybridized carbons (Fsp3) is 0.0909. The summed E-state index contributed by atoms with van der Waals surface area (Å²) in [6.45, 7) is 4.64. The summed E-state index contributed by atoms with van der Waals surface area (Å²) in [5, 5.41) is 0.752. The molecule has 164 valence electrons. The first-order chi connectivity index (χ1) is 16.5. The van der Waals surface area contributed by atoms with Gasteiger partial charge in [0.1, 0.15) is 0 Å². The average molecular weight is 457 g/mol. The van der Waals surface area contributed by atoms with E-state index in [1.54, 1.807) is 0 Å². The molecule has 5 aromatic rings. The lowest BCUT2D eigenvalue weighted by molar-refractivity contribution is 0.660. The minimum atomic E-state index is -0.0173. The van der Waals surface area contributed by atoms with Crippen LogP contribution in [0.2, 0.25) is 5.02 Å². The fourth-order valence-electron chi connectivity index (χ4n) is 5.29. The molecule has 0 N–H and O–H groups in total. The zero-order chi connectivity index (χ0) is 23.3. The Kier molecular flexibility index (Phi) is 4.94. The smallest absolute Gasteiger partial charge is 0.0418 e. The maximum absolute atomic E-state index is 6.62. The van der Waals surface area contributed by atoms with E-state index in [4.69, 9.17) is 11.6 Å². The van der Waals surface area contributed by atoms with Crippen molar-refractivity contribution in [2.75, 3.05) is 0 Å². The first-order valence-electron chi connectivity index (χ1n) is 11.7. The Bertz CT molecular complexity index is 1510. The van der Waals surface area contributed by atoms with Gasteiger partial charge in [-0.2, -0.15) is 0 Å². The summed E-state index contributed by atoms with van der Waals surface area (Å²) in [5.74, 6) is 0. The minimum Gasteiger partial charge on any atom is -0.0843 e. The van der Waals surface area contributed by atoms with Gasteiger partial charge in [0.2, 0.25) is 0 Å². The maximum atomic E-state index is 6.62. The molecule has 0 aromatic heterocycles. The van der Waals surface area contributed by atoms with Crippen molar-refractivity contribution in [2.24, 2.45) is 0 Å². The highest BCUT2D eigenvalue weighted by molar-refractivity contribution is 6.31. The third-order valence-corrected chi connectivity index (χ3v) is 7.36. The molecule has 1 aliphatic rings. The summed E-state index contributed by atoms with van der Waals surface area (Å²) in [6, 6.07) is 41.2. The Hall–Kier alpha value is -3.61. The molecule has 0 amide bonds. The third-order valence-electron chi connectivity index (χ3n) is 7.14. The summed E-state index contributed by atoms with van der Waals surface area (Å²) < 4.78 is 0. The van der Waals surface area contributed by atoms with Gasteiger partial charge in [-0.25, -0.2) is 0 Å².